The smallest absolute Gasteiger partial charge is 0.252 e. The van der Waals surface area contributed by atoms with Crippen molar-refractivity contribution in [2.75, 3.05) is 26.7 Å². The highest BCUT2D eigenvalue weighted by atomic mass is 16.7. The van der Waals surface area contributed by atoms with Gasteiger partial charge in [-0.3, -0.25) is 0 Å². The van der Waals surface area contributed by atoms with Crippen LogP contribution in [0.15, 0.2) is 30.3 Å². The van der Waals surface area contributed by atoms with Gasteiger partial charge in [0.15, 0.2) is 6.04 Å². The summed E-state index contributed by atoms with van der Waals surface area (Å²) in [7, 11) is 2.39. The third-order valence-corrected chi connectivity index (χ3v) is 4.87. The van der Waals surface area contributed by atoms with Gasteiger partial charge in [-0.25, -0.2) is 0 Å². The number of ether oxygens (including phenoxy) is 2. The predicted octanol–water partition coefficient (Wildman–Crippen LogP) is 3.20. The van der Waals surface area contributed by atoms with E-state index in [1.165, 1.54) is 38.8 Å². The molecule has 20 heavy (non-hydrogen) atoms. The molecule has 2 aliphatic heterocycles. The molecule has 0 spiro atoms. The van der Waals surface area contributed by atoms with Crippen molar-refractivity contribution in [3.05, 3.63) is 30.3 Å². The van der Waals surface area contributed by atoms with Crippen LogP contribution < -0.4 is 4.74 Å². The van der Waals surface area contributed by atoms with Crippen LogP contribution in [0, 0.1) is 0 Å². The molecule has 0 radical (unpaired) electrons. The Hall–Kier alpha value is -1.06. The third kappa shape index (κ3) is 2.99. The number of quaternary nitrogens is 1. The number of hydrogen-bond donors (Lipinski definition) is 0. The Morgan fingerprint density at radius 2 is 1.80 bits per heavy atom. The predicted molar refractivity (Wildman–Crippen MR) is 79.6 cm³/mol. The fraction of sp³-hybridized carbons (Fsp3) is 0.647. The minimum atomic E-state index is -0.0887. The maximum absolute atomic E-state index is 6.15. The van der Waals surface area contributed by atoms with Gasteiger partial charge in [-0.1, -0.05) is 18.2 Å². The molecular formula is C17H26NO2+. The average molecular weight is 276 g/mol. The first-order valence-corrected chi connectivity index (χ1v) is 7.95. The Bertz CT molecular complexity index is 414. The molecule has 0 amide bonds. The van der Waals surface area contributed by atoms with Gasteiger partial charge in [-0.05, 0) is 37.8 Å². The van der Waals surface area contributed by atoms with Crippen molar-refractivity contribution < 1.29 is 14.0 Å². The van der Waals surface area contributed by atoms with Gasteiger partial charge in [0, 0.05) is 6.42 Å². The number of hydrogen-bond acceptors (Lipinski definition) is 2. The maximum Gasteiger partial charge on any atom is 0.252 e. The summed E-state index contributed by atoms with van der Waals surface area (Å²) in [6.45, 7) is 3.36. The van der Waals surface area contributed by atoms with Crippen LogP contribution in [0.4, 0.5) is 0 Å². The molecule has 2 fully saturated rings. The summed E-state index contributed by atoms with van der Waals surface area (Å²) < 4.78 is 13.2. The average Bonchev–Trinajstić information content (AvgIpc) is 2.49. The molecule has 0 bridgehead atoms. The molecule has 0 aliphatic carbocycles. The Morgan fingerprint density at radius 3 is 2.55 bits per heavy atom. The Morgan fingerprint density at radius 1 is 1.05 bits per heavy atom. The maximum atomic E-state index is 6.15. The van der Waals surface area contributed by atoms with E-state index in [4.69, 9.17) is 9.47 Å². The lowest BCUT2D eigenvalue weighted by atomic mass is 9.99. The fourth-order valence-corrected chi connectivity index (χ4v) is 3.66. The third-order valence-electron chi connectivity index (χ3n) is 4.87. The molecule has 2 heterocycles. The second kappa shape index (κ2) is 6.15. The van der Waals surface area contributed by atoms with E-state index in [9.17, 15) is 0 Å². The zero-order valence-electron chi connectivity index (χ0n) is 12.5. The topological polar surface area (TPSA) is 18.5 Å². The van der Waals surface area contributed by atoms with E-state index in [-0.39, 0.29) is 6.29 Å². The molecule has 3 heteroatoms. The number of likely N-dealkylation sites (N-methyl/N-ethyl adjacent to an activating group) is 1. The summed E-state index contributed by atoms with van der Waals surface area (Å²) in [5.41, 5.74) is 0. The van der Waals surface area contributed by atoms with E-state index < -0.39 is 0 Å². The van der Waals surface area contributed by atoms with Gasteiger partial charge in [-0.2, -0.15) is 0 Å². The molecule has 2 atom stereocenters. The lowest BCUT2D eigenvalue weighted by molar-refractivity contribution is -0.944. The van der Waals surface area contributed by atoms with E-state index in [2.05, 4.69) is 7.05 Å². The highest BCUT2D eigenvalue weighted by Crippen LogP contribution is 2.30. The molecular weight excluding hydrogens is 250 g/mol. The molecule has 2 aliphatic rings. The molecule has 3 rings (SSSR count). The molecule has 110 valence electrons. The lowest BCUT2D eigenvalue weighted by Crippen LogP contribution is -2.62. The summed E-state index contributed by atoms with van der Waals surface area (Å²) in [6, 6.07) is 10.6. The number of rotatable bonds is 3. The summed E-state index contributed by atoms with van der Waals surface area (Å²) in [4.78, 5) is 0. The van der Waals surface area contributed by atoms with E-state index in [1.54, 1.807) is 0 Å². The van der Waals surface area contributed by atoms with Gasteiger partial charge < -0.3 is 14.0 Å². The molecule has 3 nitrogen and oxygen atoms in total. The fourth-order valence-electron chi connectivity index (χ4n) is 3.66. The van der Waals surface area contributed by atoms with Crippen LogP contribution in [0.3, 0.4) is 0 Å². The highest BCUT2D eigenvalue weighted by molar-refractivity contribution is 5.21. The summed E-state index contributed by atoms with van der Waals surface area (Å²) in [5.74, 6) is 0.924. The van der Waals surface area contributed by atoms with Crippen LogP contribution in [0.5, 0.6) is 5.75 Å². The van der Waals surface area contributed by atoms with Crippen LogP contribution in [-0.2, 0) is 4.74 Å². The second-order valence-corrected chi connectivity index (χ2v) is 6.37. The number of likely N-dealkylation sites (tertiary alicyclic amines) is 1. The zero-order chi connectivity index (χ0) is 13.8. The SMILES string of the molecule is C[N+]1(C2CCCOC2Oc2ccccc2)CCCCC1. The molecule has 0 aromatic heterocycles. The molecule has 2 unspecified atom stereocenters. The van der Waals surface area contributed by atoms with Gasteiger partial charge >= 0.3 is 0 Å². The first kappa shape index (κ1) is 13.9. The molecule has 0 saturated carbocycles. The van der Waals surface area contributed by atoms with Crippen molar-refractivity contribution in [3.8, 4) is 5.75 Å². The van der Waals surface area contributed by atoms with Crippen molar-refractivity contribution >= 4 is 0 Å². The Kier molecular flexibility index (Phi) is 4.27. The highest BCUT2D eigenvalue weighted by Gasteiger charge is 2.43. The minimum Gasteiger partial charge on any atom is -0.458 e. The lowest BCUT2D eigenvalue weighted by Gasteiger charge is -2.47. The quantitative estimate of drug-likeness (QED) is 0.789. The zero-order valence-corrected chi connectivity index (χ0v) is 12.5. The van der Waals surface area contributed by atoms with Crippen LogP contribution >= 0.6 is 0 Å². The van der Waals surface area contributed by atoms with Crippen molar-refractivity contribution in [1.29, 1.82) is 0 Å². The Labute approximate surface area is 122 Å². The van der Waals surface area contributed by atoms with E-state index in [1.807, 2.05) is 30.3 Å². The minimum absolute atomic E-state index is 0.0887. The largest absolute Gasteiger partial charge is 0.458 e. The van der Waals surface area contributed by atoms with Crippen LogP contribution in [-0.4, -0.2) is 43.6 Å². The summed E-state index contributed by atoms with van der Waals surface area (Å²) in [5, 5.41) is 0. The normalized spacial score (nSPS) is 29.9. The van der Waals surface area contributed by atoms with Crippen molar-refractivity contribution in [3.63, 3.8) is 0 Å². The van der Waals surface area contributed by atoms with Crippen LogP contribution in [0.25, 0.3) is 0 Å². The van der Waals surface area contributed by atoms with Crippen molar-refractivity contribution in [1.82, 2.24) is 0 Å². The van der Waals surface area contributed by atoms with Crippen LogP contribution in [0.2, 0.25) is 0 Å². The Balaban J connectivity index is 1.73. The number of benzene rings is 1. The first-order chi connectivity index (χ1) is 9.78. The monoisotopic (exact) mass is 276 g/mol. The number of piperidine rings is 1. The van der Waals surface area contributed by atoms with Crippen LogP contribution in [0.1, 0.15) is 32.1 Å². The van der Waals surface area contributed by atoms with E-state index in [0.717, 1.165) is 23.3 Å². The number of nitrogens with zero attached hydrogens (tertiary/aromatic N) is 1. The van der Waals surface area contributed by atoms with Gasteiger partial charge in [0.25, 0.3) is 6.29 Å². The first-order valence-electron chi connectivity index (χ1n) is 7.95. The molecule has 1 aromatic rings. The van der Waals surface area contributed by atoms with E-state index in [0.29, 0.717) is 6.04 Å². The second-order valence-electron chi connectivity index (χ2n) is 6.37. The summed E-state index contributed by atoms with van der Waals surface area (Å²) >= 11 is 0. The molecule has 2 saturated heterocycles. The van der Waals surface area contributed by atoms with Crippen molar-refractivity contribution in [2.45, 2.75) is 44.4 Å². The molecule has 1 aromatic carbocycles. The van der Waals surface area contributed by atoms with Crippen molar-refractivity contribution in [2.24, 2.45) is 0 Å². The molecule has 0 N–H and O–H groups in total. The van der Waals surface area contributed by atoms with Gasteiger partial charge in [0.05, 0.1) is 26.7 Å². The van der Waals surface area contributed by atoms with Gasteiger partial charge in [0.2, 0.25) is 0 Å². The standard InChI is InChI=1S/C17H26NO2/c1-18(12-6-3-7-13-18)16-11-8-14-19-17(16)20-15-9-4-2-5-10-15/h2,4-5,9-10,16-17H,3,6-8,11-14H2,1H3/q+1. The number of para-hydroxylation sites is 1. The van der Waals surface area contributed by atoms with E-state index >= 15 is 0 Å². The summed E-state index contributed by atoms with van der Waals surface area (Å²) in [6.07, 6.45) is 6.34. The van der Waals surface area contributed by atoms with Gasteiger partial charge in [0.1, 0.15) is 5.75 Å². The van der Waals surface area contributed by atoms with Gasteiger partial charge in [-0.15, -0.1) is 0 Å².